The van der Waals surface area contributed by atoms with Gasteiger partial charge in [0.1, 0.15) is 17.1 Å². The summed E-state index contributed by atoms with van der Waals surface area (Å²) in [5, 5.41) is 4.65. The topological polar surface area (TPSA) is 58.6 Å². The van der Waals surface area contributed by atoms with Crippen molar-refractivity contribution in [3.05, 3.63) is 81.6 Å². The van der Waals surface area contributed by atoms with E-state index in [0.29, 0.717) is 23.0 Å². The number of halogens is 1. The second-order valence-corrected chi connectivity index (χ2v) is 10.1. The van der Waals surface area contributed by atoms with Crippen molar-refractivity contribution in [3.8, 4) is 0 Å². The van der Waals surface area contributed by atoms with E-state index in [1.807, 2.05) is 30.3 Å². The Bertz CT molecular complexity index is 1260. The molecule has 3 aromatic rings. The van der Waals surface area contributed by atoms with E-state index in [1.54, 1.807) is 6.07 Å². The van der Waals surface area contributed by atoms with Crippen LogP contribution in [0.3, 0.4) is 0 Å². The van der Waals surface area contributed by atoms with Gasteiger partial charge in [-0.05, 0) is 75.2 Å². The molecule has 0 spiro atoms. The Balaban J connectivity index is 1.25. The van der Waals surface area contributed by atoms with E-state index in [1.165, 1.54) is 31.5 Å². The van der Waals surface area contributed by atoms with E-state index in [9.17, 15) is 4.79 Å². The number of rotatable bonds is 7. The highest BCUT2D eigenvalue weighted by molar-refractivity contribution is 6.31. The van der Waals surface area contributed by atoms with Gasteiger partial charge in [0.25, 0.3) is 5.91 Å². The Kier molecular flexibility index (Phi) is 6.66. The van der Waals surface area contributed by atoms with Crippen molar-refractivity contribution in [2.45, 2.75) is 51.9 Å². The van der Waals surface area contributed by atoms with E-state index >= 15 is 0 Å². The average molecular weight is 479 g/mol. The Morgan fingerprint density at radius 3 is 2.65 bits per heavy atom. The normalized spacial score (nSPS) is 16.8. The Hall–Kier alpha value is -2.76. The minimum Gasteiger partial charge on any atom is -0.461 e. The summed E-state index contributed by atoms with van der Waals surface area (Å²) in [5.74, 6) is 2.00. The predicted octanol–water partition coefficient (Wildman–Crippen LogP) is 6.82. The van der Waals surface area contributed by atoms with Crippen LogP contribution < -0.4 is 5.32 Å². The number of furan rings is 2. The van der Waals surface area contributed by atoms with Crippen LogP contribution in [0.1, 0.15) is 73.1 Å². The van der Waals surface area contributed by atoms with Gasteiger partial charge in [-0.2, -0.15) is 0 Å². The number of likely N-dealkylation sites (tertiary alicyclic amines) is 1. The second kappa shape index (κ2) is 9.85. The smallest absolute Gasteiger partial charge is 0.291 e. The number of amides is 1. The fourth-order valence-corrected chi connectivity index (χ4v) is 5.00. The highest BCUT2D eigenvalue weighted by Gasteiger charge is 2.18. The van der Waals surface area contributed by atoms with Crippen molar-refractivity contribution in [1.82, 2.24) is 10.2 Å². The molecule has 5 rings (SSSR count). The molecule has 3 heterocycles. The third kappa shape index (κ3) is 5.16. The lowest BCUT2D eigenvalue weighted by Gasteiger charge is -2.20. The fraction of sp³-hybridized carbons (Fsp3) is 0.393. The summed E-state index contributed by atoms with van der Waals surface area (Å²) in [6, 6.07) is 9.43. The summed E-state index contributed by atoms with van der Waals surface area (Å²) in [5.41, 5.74) is 4.13. The molecule has 0 atom stereocenters. The molecule has 2 aromatic heterocycles. The molecule has 1 amide bonds. The number of carbonyl (C=O) groups is 1. The molecule has 0 bridgehead atoms. The highest BCUT2D eigenvalue weighted by Crippen LogP contribution is 2.32. The van der Waals surface area contributed by atoms with Crippen molar-refractivity contribution in [3.63, 3.8) is 0 Å². The van der Waals surface area contributed by atoms with Gasteiger partial charge in [0.15, 0.2) is 5.76 Å². The lowest BCUT2D eigenvalue weighted by atomic mass is 10.0. The number of fused-ring (bicyclic) bond motifs is 1. The van der Waals surface area contributed by atoms with Gasteiger partial charge in [-0.25, -0.2) is 0 Å². The molecule has 34 heavy (non-hydrogen) atoms. The first-order valence-electron chi connectivity index (χ1n) is 12.2. The maximum Gasteiger partial charge on any atom is 0.291 e. The largest absolute Gasteiger partial charge is 0.461 e. The van der Waals surface area contributed by atoms with Crippen LogP contribution in [0.5, 0.6) is 0 Å². The number of nitrogens with zero attached hydrogens (tertiary/aromatic N) is 1. The molecule has 5 nitrogen and oxygen atoms in total. The van der Waals surface area contributed by atoms with Crippen molar-refractivity contribution >= 4 is 28.5 Å². The first-order valence-corrected chi connectivity index (χ1v) is 12.6. The van der Waals surface area contributed by atoms with E-state index < -0.39 is 0 Å². The van der Waals surface area contributed by atoms with Crippen molar-refractivity contribution in [2.75, 3.05) is 19.6 Å². The molecule has 1 saturated heterocycles. The van der Waals surface area contributed by atoms with Crippen LogP contribution in [-0.2, 0) is 6.42 Å². The van der Waals surface area contributed by atoms with Gasteiger partial charge in [0, 0.05) is 40.6 Å². The predicted molar refractivity (Wildman–Crippen MR) is 135 cm³/mol. The quantitative estimate of drug-likeness (QED) is 0.404. The molecule has 0 unspecified atom stereocenters. The Labute approximate surface area is 205 Å². The summed E-state index contributed by atoms with van der Waals surface area (Å²) < 4.78 is 12.0. The molecule has 1 aliphatic heterocycles. The zero-order chi connectivity index (χ0) is 23.7. The fourth-order valence-electron chi connectivity index (χ4n) is 4.76. The van der Waals surface area contributed by atoms with Gasteiger partial charge in [0.2, 0.25) is 0 Å². The molecular weight excluding hydrogens is 448 g/mol. The molecule has 1 aliphatic carbocycles. The second-order valence-electron chi connectivity index (χ2n) is 9.68. The van der Waals surface area contributed by atoms with Crippen LogP contribution >= 0.6 is 11.6 Å². The molecular formula is C28H31ClN2O3. The van der Waals surface area contributed by atoms with Crippen LogP contribution in [0, 0.1) is 0 Å². The third-order valence-electron chi connectivity index (χ3n) is 6.63. The summed E-state index contributed by atoms with van der Waals surface area (Å²) in [4.78, 5) is 15.3. The van der Waals surface area contributed by atoms with E-state index in [-0.39, 0.29) is 11.8 Å². The molecule has 2 aliphatic rings. The molecule has 0 saturated carbocycles. The standard InChI is InChI=1S/C28H31ClN2O3/c1-18(2)26-16-21-14-22(29)13-20(27(21)34-26)15-24-9-10-25(33-24)28(32)30-23-7-5-19(6-8-23)17-31-11-3-4-12-31/h5,7,9-10,13-14,16,18H,3-4,6,8,11-12,15,17H2,1-2H3,(H,30,32). The van der Waals surface area contributed by atoms with Gasteiger partial charge in [-0.3, -0.25) is 9.69 Å². The first-order chi connectivity index (χ1) is 16.4. The lowest BCUT2D eigenvalue weighted by Crippen LogP contribution is -2.25. The molecule has 1 aromatic carbocycles. The zero-order valence-electron chi connectivity index (χ0n) is 19.8. The summed E-state index contributed by atoms with van der Waals surface area (Å²) in [6.07, 6.45) is 9.12. The third-order valence-corrected chi connectivity index (χ3v) is 6.85. The number of carbonyl (C=O) groups excluding carboxylic acids is 1. The molecule has 1 N–H and O–H groups in total. The van der Waals surface area contributed by atoms with E-state index in [2.05, 4.69) is 30.1 Å². The number of allylic oxidation sites excluding steroid dienone is 3. The maximum absolute atomic E-state index is 12.8. The van der Waals surface area contributed by atoms with E-state index in [4.69, 9.17) is 20.4 Å². The first kappa shape index (κ1) is 23.0. The minimum absolute atomic E-state index is 0.217. The number of nitrogens with one attached hydrogen (secondary N) is 1. The van der Waals surface area contributed by atoms with Crippen LogP contribution in [0.25, 0.3) is 11.0 Å². The molecule has 1 fully saturated rings. The molecule has 0 radical (unpaired) electrons. The van der Waals surface area contributed by atoms with Crippen molar-refractivity contribution < 1.29 is 13.6 Å². The number of benzene rings is 1. The number of hydrogen-bond acceptors (Lipinski definition) is 4. The summed E-state index contributed by atoms with van der Waals surface area (Å²) in [6.45, 7) is 7.64. The van der Waals surface area contributed by atoms with E-state index in [0.717, 1.165) is 47.4 Å². The highest BCUT2D eigenvalue weighted by atomic mass is 35.5. The van der Waals surface area contributed by atoms with Crippen LogP contribution in [0.2, 0.25) is 5.02 Å². The molecule has 178 valence electrons. The maximum atomic E-state index is 12.8. The summed E-state index contributed by atoms with van der Waals surface area (Å²) >= 11 is 6.35. The monoisotopic (exact) mass is 478 g/mol. The van der Waals surface area contributed by atoms with Gasteiger partial charge >= 0.3 is 0 Å². The van der Waals surface area contributed by atoms with Gasteiger partial charge in [-0.15, -0.1) is 0 Å². The van der Waals surface area contributed by atoms with Gasteiger partial charge in [-0.1, -0.05) is 37.1 Å². The van der Waals surface area contributed by atoms with Gasteiger partial charge in [0.05, 0.1) is 0 Å². The van der Waals surface area contributed by atoms with Gasteiger partial charge < -0.3 is 14.2 Å². The number of hydrogen-bond donors (Lipinski definition) is 1. The SMILES string of the molecule is CC(C)c1cc2cc(Cl)cc(Cc3ccc(C(=O)NC4=CC=C(CN5CCCC5)CC4)o3)c2o1. The Morgan fingerprint density at radius 2 is 1.91 bits per heavy atom. The average Bonchev–Trinajstić information content (AvgIpc) is 3.56. The molecule has 6 heteroatoms. The zero-order valence-corrected chi connectivity index (χ0v) is 20.6. The van der Waals surface area contributed by atoms with Crippen LogP contribution in [0.15, 0.2) is 62.6 Å². The van der Waals surface area contributed by atoms with Crippen molar-refractivity contribution in [2.24, 2.45) is 0 Å². The van der Waals surface area contributed by atoms with Crippen LogP contribution in [-0.4, -0.2) is 30.4 Å². The van der Waals surface area contributed by atoms with Crippen LogP contribution in [0.4, 0.5) is 0 Å². The lowest BCUT2D eigenvalue weighted by molar-refractivity contribution is 0.0935. The Morgan fingerprint density at radius 1 is 1.09 bits per heavy atom. The summed E-state index contributed by atoms with van der Waals surface area (Å²) in [7, 11) is 0. The minimum atomic E-state index is -0.217. The van der Waals surface area contributed by atoms with Crippen molar-refractivity contribution in [1.29, 1.82) is 0 Å².